The van der Waals surface area contributed by atoms with Gasteiger partial charge in [-0.2, -0.15) is 0 Å². The van der Waals surface area contributed by atoms with E-state index in [-0.39, 0.29) is 17.5 Å². The lowest BCUT2D eigenvalue weighted by atomic mass is 9.96. The Bertz CT molecular complexity index is 650. The molecule has 0 saturated carbocycles. The number of carbonyl (C=O) groups is 1. The first kappa shape index (κ1) is 20.2. The van der Waals surface area contributed by atoms with Crippen LogP contribution in [0.25, 0.3) is 0 Å². The number of aliphatic hydroxyl groups is 1. The molecule has 1 saturated heterocycles. The van der Waals surface area contributed by atoms with Crippen molar-refractivity contribution in [2.75, 3.05) is 20.1 Å². The molecule has 0 radical (unpaired) electrons. The summed E-state index contributed by atoms with van der Waals surface area (Å²) in [5.74, 6) is 0.856. The molecule has 1 amide bonds. The van der Waals surface area contributed by atoms with Gasteiger partial charge in [0.1, 0.15) is 0 Å². The summed E-state index contributed by atoms with van der Waals surface area (Å²) in [7, 11) is 1.74. The fourth-order valence-corrected chi connectivity index (χ4v) is 3.74. The Hall–Kier alpha value is -2.08. The number of hydrogen-bond donors (Lipinski definition) is 2. The maximum Gasteiger partial charge on any atom is 0.242 e. The third kappa shape index (κ3) is 4.55. The third-order valence-electron chi connectivity index (χ3n) is 4.77. The molecule has 144 valence electrons. The number of carbonyl (C=O) groups excluding carboxylic acids is 1. The van der Waals surface area contributed by atoms with Gasteiger partial charge in [-0.25, -0.2) is 0 Å². The molecule has 1 atom stereocenters. The molecule has 1 aliphatic rings. The van der Waals surface area contributed by atoms with E-state index in [1.54, 1.807) is 14.0 Å². The van der Waals surface area contributed by atoms with Gasteiger partial charge in [-0.3, -0.25) is 9.79 Å². The Morgan fingerprint density at radius 1 is 1.27 bits per heavy atom. The Labute approximate surface area is 156 Å². The highest BCUT2D eigenvalue weighted by Crippen LogP contribution is 2.24. The molecule has 1 heterocycles. The van der Waals surface area contributed by atoms with Crippen LogP contribution in [0.4, 0.5) is 0 Å². The fourth-order valence-electron chi connectivity index (χ4n) is 3.74. The Balaban J connectivity index is 2.04. The molecule has 1 aromatic rings. The quantitative estimate of drug-likeness (QED) is 0.638. The second kappa shape index (κ2) is 8.08. The summed E-state index contributed by atoms with van der Waals surface area (Å²) in [6.07, 6.45) is -0.463. The molecular formula is C20H32N4O2. The largest absolute Gasteiger partial charge is 0.389 e. The van der Waals surface area contributed by atoms with Crippen LogP contribution in [-0.2, 0) is 11.3 Å². The lowest BCUT2D eigenvalue weighted by Gasteiger charge is -2.49. The maximum atomic E-state index is 12.6. The Morgan fingerprint density at radius 3 is 2.35 bits per heavy atom. The molecule has 26 heavy (non-hydrogen) atoms. The van der Waals surface area contributed by atoms with Gasteiger partial charge in [0.05, 0.1) is 18.2 Å². The summed E-state index contributed by atoms with van der Waals surface area (Å²) in [6.45, 7) is 11.7. The van der Waals surface area contributed by atoms with Gasteiger partial charge in [0.2, 0.25) is 5.91 Å². The van der Waals surface area contributed by atoms with Gasteiger partial charge in [0.15, 0.2) is 5.96 Å². The first-order valence-electron chi connectivity index (χ1n) is 9.20. The fraction of sp³-hybridized carbons (Fsp3) is 0.600. The number of piperazine rings is 1. The van der Waals surface area contributed by atoms with Crippen molar-refractivity contribution in [3.63, 3.8) is 0 Å². The van der Waals surface area contributed by atoms with Crippen molar-refractivity contribution in [1.29, 1.82) is 0 Å². The molecule has 6 nitrogen and oxygen atoms in total. The van der Waals surface area contributed by atoms with Gasteiger partial charge in [-0.15, -0.1) is 0 Å². The van der Waals surface area contributed by atoms with Crippen LogP contribution < -0.4 is 5.32 Å². The van der Waals surface area contributed by atoms with Crippen LogP contribution in [-0.4, -0.2) is 58.5 Å². The molecule has 1 unspecified atom stereocenters. The van der Waals surface area contributed by atoms with E-state index in [4.69, 9.17) is 0 Å². The van der Waals surface area contributed by atoms with E-state index in [2.05, 4.69) is 38.0 Å². The summed E-state index contributed by atoms with van der Waals surface area (Å²) < 4.78 is 0. The standard InChI is InChI=1S/C20H32N4O2/c1-14(2)24-18(26)12-23(13-20(24,4)5)19(21-6)22-11-16-7-9-17(10-8-16)15(3)25/h7-10,14-15,25H,11-13H2,1-6H3,(H,21,22). The van der Waals surface area contributed by atoms with Crippen molar-refractivity contribution in [2.45, 2.75) is 58.8 Å². The average Bonchev–Trinajstić information content (AvgIpc) is 2.53. The number of aliphatic imine (C=N–C) groups is 1. The van der Waals surface area contributed by atoms with Crippen LogP contribution in [0.3, 0.4) is 0 Å². The summed E-state index contributed by atoms with van der Waals surface area (Å²) in [4.78, 5) is 21.0. The molecular weight excluding hydrogens is 328 g/mol. The molecule has 2 N–H and O–H groups in total. The van der Waals surface area contributed by atoms with E-state index >= 15 is 0 Å². The summed E-state index contributed by atoms with van der Waals surface area (Å²) in [5.41, 5.74) is 1.75. The van der Waals surface area contributed by atoms with Crippen LogP contribution in [0.2, 0.25) is 0 Å². The SMILES string of the molecule is CN=C(NCc1ccc(C(C)O)cc1)N1CC(=O)N(C(C)C)C(C)(C)C1. The number of guanidine groups is 1. The smallest absolute Gasteiger partial charge is 0.242 e. The van der Waals surface area contributed by atoms with Crippen LogP contribution in [0, 0.1) is 0 Å². The van der Waals surface area contributed by atoms with Gasteiger partial charge in [-0.05, 0) is 45.7 Å². The lowest BCUT2D eigenvalue weighted by Crippen LogP contribution is -2.66. The van der Waals surface area contributed by atoms with E-state index in [1.165, 1.54) is 0 Å². The predicted octanol–water partition coefficient (Wildman–Crippen LogP) is 2.15. The molecule has 1 aromatic carbocycles. The molecule has 0 bridgehead atoms. The zero-order valence-electron chi connectivity index (χ0n) is 16.8. The highest BCUT2D eigenvalue weighted by molar-refractivity contribution is 5.88. The van der Waals surface area contributed by atoms with Crippen molar-refractivity contribution in [1.82, 2.24) is 15.1 Å². The number of amides is 1. The number of hydrogen-bond acceptors (Lipinski definition) is 3. The van der Waals surface area contributed by atoms with Gasteiger partial charge < -0.3 is 20.2 Å². The minimum absolute atomic E-state index is 0.125. The number of nitrogens with zero attached hydrogens (tertiary/aromatic N) is 3. The third-order valence-corrected chi connectivity index (χ3v) is 4.77. The number of aliphatic hydroxyl groups excluding tert-OH is 1. The van der Waals surface area contributed by atoms with Crippen molar-refractivity contribution in [2.24, 2.45) is 4.99 Å². The monoisotopic (exact) mass is 360 g/mol. The van der Waals surface area contributed by atoms with Crippen molar-refractivity contribution >= 4 is 11.9 Å². The maximum absolute atomic E-state index is 12.6. The molecule has 0 spiro atoms. The van der Waals surface area contributed by atoms with Gasteiger partial charge in [0, 0.05) is 26.2 Å². The topological polar surface area (TPSA) is 68.2 Å². The Morgan fingerprint density at radius 2 is 1.88 bits per heavy atom. The molecule has 0 aromatic heterocycles. The second-order valence-electron chi connectivity index (χ2n) is 7.84. The van der Waals surface area contributed by atoms with E-state index in [0.29, 0.717) is 13.1 Å². The Kier molecular flexibility index (Phi) is 6.29. The van der Waals surface area contributed by atoms with Gasteiger partial charge >= 0.3 is 0 Å². The first-order valence-corrected chi connectivity index (χ1v) is 9.20. The van der Waals surface area contributed by atoms with Crippen molar-refractivity contribution in [3.05, 3.63) is 35.4 Å². The zero-order valence-corrected chi connectivity index (χ0v) is 16.8. The lowest BCUT2D eigenvalue weighted by molar-refractivity contribution is -0.145. The number of nitrogens with one attached hydrogen (secondary N) is 1. The van der Waals surface area contributed by atoms with Gasteiger partial charge in [-0.1, -0.05) is 24.3 Å². The molecule has 2 rings (SSSR count). The van der Waals surface area contributed by atoms with Crippen LogP contribution >= 0.6 is 0 Å². The molecule has 1 aliphatic heterocycles. The predicted molar refractivity (Wildman–Crippen MR) is 105 cm³/mol. The highest BCUT2D eigenvalue weighted by Gasteiger charge is 2.40. The molecule has 0 aliphatic carbocycles. The van der Waals surface area contributed by atoms with E-state index < -0.39 is 6.10 Å². The van der Waals surface area contributed by atoms with Crippen LogP contribution in [0.1, 0.15) is 51.8 Å². The van der Waals surface area contributed by atoms with E-state index in [9.17, 15) is 9.90 Å². The second-order valence-corrected chi connectivity index (χ2v) is 7.84. The number of benzene rings is 1. The van der Waals surface area contributed by atoms with Gasteiger partial charge in [0.25, 0.3) is 0 Å². The van der Waals surface area contributed by atoms with Crippen molar-refractivity contribution < 1.29 is 9.90 Å². The van der Waals surface area contributed by atoms with E-state index in [0.717, 1.165) is 23.6 Å². The molecule has 6 heteroatoms. The zero-order chi connectivity index (χ0) is 19.5. The minimum Gasteiger partial charge on any atom is -0.389 e. The number of rotatable bonds is 4. The highest BCUT2D eigenvalue weighted by atomic mass is 16.3. The van der Waals surface area contributed by atoms with Crippen LogP contribution in [0.5, 0.6) is 0 Å². The van der Waals surface area contributed by atoms with E-state index in [1.807, 2.05) is 34.1 Å². The van der Waals surface area contributed by atoms with Crippen molar-refractivity contribution in [3.8, 4) is 0 Å². The minimum atomic E-state index is -0.463. The summed E-state index contributed by atoms with van der Waals surface area (Å²) in [6, 6.07) is 8.03. The summed E-state index contributed by atoms with van der Waals surface area (Å²) in [5, 5.41) is 12.9. The summed E-state index contributed by atoms with van der Waals surface area (Å²) >= 11 is 0. The molecule has 1 fully saturated rings. The average molecular weight is 361 g/mol. The van der Waals surface area contributed by atoms with Crippen LogP contribution in [0.15, 0.2) is 29.3 Å². The first-order chi connectivity index (χ1) is 12.2. The normalized spacial score (nSPS) is 19.1.